The van der Waals surface area contributed by atoms with Gasteiger partial charge in [-0.05, 0) is 37.2 Å². The van der Waals surface area contributed by atoms with E-state index in [-0.39, 0.29) is 0 Å². The summed E-state index contributed by atoms with van der Waals surface area (Å²) in [5.74, 6) is 0.639. The van der Waals surface area contributed by atoms with E-state index in [1.807, 2.05) is 44.3 Å². The molecular formula is C17H21NOS. The van der Waals surface area contributed by atoms with Crippen LogP contribution in [0.1, 0.15) is 18.1 Å². The van der Waals surface area contributed by atoms with Crippen LogP contribution in [0.5, 0.6) is 0 Å². The lowest BCUT2D eigenvalue weighted by Gasteiger charge is -2.23. The molecule has 2 rings (SSSR count). The first kappa shape index (κ1) is 15.1. The van der Waals surface area contributed by atoms with E-state index in [1.54, 1.807) is 11.8 Å². The van der Waals surface area contributed by atoms with Crippen LogP contribution in [0.2, 0.25) is 0 Å². The van der Waals surface area contributed by atoms with Crippen LogP contribution in [-0.4, -0.2) is 17.9 Å². The maximum absolute atomic E-state index is 10.6. The smallest absolute Gasteiger partial charge is 0.0962 e. The molecule has 0 saturated heterocycles. The minimum absolute atomic E-state index is 0.639. The molecule has 20 heavy (non-hydrogen) atoms. The van der Waals surface area contributed by atoms with Gasteiger partial charge in [0.15, 0.2) is 0 Å². The zero-order valence-corrected chi connectivity index (χ0v) is 12.8. The van der Waals surface area contributed by atoms with Gasteiger partial charge < -0.3 is 10.4 Å². The second-order valence-electron chi connectivity index (χ2n) is 5.11. The van der Waals surface area contributed by atoms with E-state index >= 15 is 0 Å². The molecule has 0 saturated carbocycles. The number of aliphatic hydroxyl groups is 1. The predicted molar refractivity (Wildman–Crippen MR) is 85.9 cm³/mol. The van der Waals surface area contributed by atoms with Gasteiger partial charge in [0.05, 0.1) is 5.60 Å². The van der Waals surface area contributed by atoms with E-state index in [0.29, 0.717) is 5.75 Å². The standard InChI is InChI=1S/C17H21NOS/c1-17(19,15-8-4-3-5-9-15)13-20-16-10-6-7-14(11-16)12-18-2/h3-11,18-19H,12-13H2,1-2H3. The number of rotatable bonds is 6. The van der Waals surface area contributed by atoms with Crippen LogP contribution < -0.4 is 5.32 Å². The summed E-state index contributed by atoms with van der Waals surface area (Å²) < 4.78 is 0. The number of hydrogen-bond acceptors (Lipinski definition) is 3. The Kier molecular flexibility index (Phi) is 5.24. The fourth-order valence-corrected chi connectivity index (χ4v) is 3.08. The van der Waals surface area contributed by atoms with E-state index in [2.05, 4.69) is 29.6 Å². The van der Waals surface area contributed by atoms with Crippen molar-refractivity contribution in [2.24, 2.45) is 0 Å². The van der Waals surface area contributed by atoms with Crippen LogP contribution in [-0.2, 0) is 12.1 Å². The molecule has 0 heterocycles. The van der Waals surface area contributed by atoms with Crippen LogP contribution in [0.15, 0.2) is 59.5 Å². The summed E-state index contributed by atoms with van der Waals surface area (Å²) in [5.41, 5.74) is 1.40. The van der Waals surface area contributed by atoms with Gasteiger partial charge in [-0.3, -0.25) is 0 Å². The molecule has 0 aliphatic heterocycles. The van der Waals surface area contributed by atoms with Crippen LogP contribution in [0.3, 0.4) is 0 Å². The molecule has 1 atom stereocenters. The Bertz CT molecular complexity index is 540. The third kappa shape index (κ3) is 4.10. The van der Waals surface area contributed by atoms with E-state index in [9.17, 15) is 5.11 Å². The number of hydrogen-bond donors (Lipinski definition) is 2. The van der Waals surface area contributed by atoms with Crippen molar-refractivity contribution < 1.29 is 5.11 Å². The molecule has 2 aromatic carbocycles. The molecule has 106 valence electrons. The second-order valence-corrected chi connectivity index (χ2v) is 6.16. The number of nitrogens with one attached hydrogen (secondary N) is 1. The van der Waals surface area contributed by atoms with Crippen LogP contribution >= 0.6 is 11.8 Å². The molecule has 2 nitrogen and oxygen atoms in total. The molecule has 3 heteroatoms. The Morgan fingerprint density at radius 3 is 2.55 bits per heavy atom. The Balaban J connectivity index is 2.02. The molecule has 0 aliphatic rings. The lowest BCUT2D eigenvalue weighted by Crippen LogP contribution is -2.24. The lowest BCUT2D eigenvalue weighted by molar-refractivity contribution is 0.0839. The van der Waals surface area contributed by atoms with Crippen LogP contribution in [0, 0.1) is 0 Å². The Morgan fingerprint density at radius 1 is 1.10 bits per heavy atom. The first-order valence-electron chi connectivity index (χ1n) is 6.76. The molecule has 2 N–H and O–H groups in total. The average Bonchev–Trinajstić information content (AvgIpc) is 2.47. The quantitative estimate of drug-likeness (QED) is 0.799. The van der Waals surface area contributed by atoms with E-state index in [1.165, 1.54) is 10.5 Å². The van der Waals surface area contributed by atoms with E-state index < -0.39 is 5.60 Å². The predicted octanol–water partition coefficient (Wildman–Crippen LogP) is 3.41. The Morgan fingerprint density at radius 2 is 1.85 bits per heavy atom. The maximum Gasteiger partial charge on any atom is 0.0962 e. The van der Waals surface area contributed by atoms with Crippen molar-refractivity contribution in [1.82, 2.24) is 5.32 Å². The molecule has 0 spiro atoms. The summed E-state index contributed by atoms with van der Waals surface area (Å²) in [7, 11) is 1.94. The minimum Gasteiger partial charge on any atom is -0.385 e. The van der Waals surface area contributed by atoms with Crippen molar-refractivity contribution in [3.63, 3.8) is 0 Å². The summed E-state index contributed by atoms with van der Waals surface area (Å²) in [6.07, 6.45) is 0. The molecule has 1 unspecified atom stereocenters. The second kappa shape index (κ2) is 6.93. The monoisotopic (exact) mass is 287 g/mol. The van der Waals surface area contributed by atoms with Gasteiger partial charge in [0, 0.05) is 17.2 Å². The molecule has 0 fully saturated rings. The van der Waals surface area contributed by atoms with Crippen molar-refractivity contribution in [1.29, 1.82) is 0 Å². The lowest BCUT2D eigenvalue weighted by atomic mass is 9.99. The molecular weight excluding hydrogens is 266 g/mol. The third-order valence-electron chi connectivity index (χ3n) is 3.19. The van der Waals surface area contributed by atoms with Crippen LogP contribution in [0.4, 0.5) is 0 Å². The summed E-state index contributed by atoms with van der Waals surface area (Å²) in [6, 6.07) is 18.3. The topological polar surface area (TPSA) is 32.3 Å². The van der Waals surface area contributed by atoms with E-state index in [4.69, 9.17) is 0 Å². The van der Waals surface area contributed by atoms with Crippen molar-refractivity contribution >= 4 is 11.8 Å². The molecule has 0 radical (unpaired) electrons. The summed E-state index contributed by atoms with van der Waals surface area (Å²) in [6.45, 7) is 2.73. The molecule has 2 aromatic rings. The van der Waals surface area contributed by atoms with E-state index in [0.717, 1.165) is 12.1 Å². The zero-order valence-electron chi connectivity index (χ0n) is 12.0. The highest BCUT2D eigenvalue weighted by Gasteiger charge is 2.22. The summed E-state index contributed by atoms with van der Waals surface area (Å²) >= 11 is 1.68. The highest BCUT2D eigenvalue weighted by Crippen LogP contribution is 2.29. The largest absolute Gasteiger partial charge is 0.385 e. The molecule has 0 amide bonds. The SMILES string of the molecule is CNCc1cccc(SCC(C)(O)c2ccccc2)c1. The highest BCUT2D eigenvalue weighted by atomic mass is 32.2. The molecule has 0 aliphatic carbocycles. The number of benzene rings is 2. The zero-order chi connectivity index (χ0) is 14.4. The van der Waals surface area contributed by atoms with Crippen molar-refractivity contribution in [3.05, 3.63) is 65.7 Å². The highest BCUT2D eigenvalue weighted by molar-refractivity contribution is 7.99. The van der Waals surface area contributed by atoms with Gasteiger partial charge >= 0.3 is 0 Å². The van der Waals surface area contributed by atoms with Crippen molar-refractivity contribution in [2.75, 3.05) is 12.8 Å². The van der Waals surface area contributed by atoms with Crippen molar-refractivity contribution in [2.45, 2.75) is 24.0 Å². The summed E-state index contributed by atoms with van der Waals surface area (Å²) in [5, 5.41) is 13.7. The molecule has 0 aromatic heterocycles. The molecule has 0 bridgehead atoms. The first-order chi connectivity index (χ1) is 9.62. The van der Waals surface area contributed by atoms with Gasteiger partial charge in [0.25, 0.3) is 0 Å². The Hall–Kier alpha value is -1.29. The number of thioether (sulfide) groups is 1. The average molecular weight is 287 g/mol. The van der Waals surface area contributed by atoms with Crippen LogP contribution in [0.25, 0.3) is 0 Å². The van der Waals surface area contributed by atoms with Crippen molar-refractivity contribution in [3.8, 4) is 0 Å². The summed E-state index contributed by atoms with van der Waals surface area (Å²) in [4.78, 5) is 1.19. The van der Waals surface area contributed by atoms with Gasteiger partial charge in [-0.25, -0.2) is 0 Å². The maximum atomic E-state index is 10.6. The fraction of sp³-hybridized carbons (Fsp3) is 0.294. The normalized spacial score (nSPS) is 13.9. The van der Waals surface area contributed by atoms with Gasteiger partial charge in [0.2, 0.25) is 0 Å². The van der Waals surface area contributed by atoms with Gasteiger partial charge in [-0.15, -0.1) is 11.8 Å². The van der Waals surface area contributed by atoms with Gasteiger partial charge in [-0.1, -0.05) is 42.5 Å². The fourth-order valence-electron chi connectivity index (χ4n) is 2.05. The van der Waals surface area contributed by atoms with Gasteiger partial charge in [-0.2, -0.15) is 0 Å². The van der Waals surface area contributed by atoms with Gasteiger partial charge in [0.1, 0.15) is 0 Å². The first-order valence-corrected chi connectivity index (χ1v) is 7.74. The minimum atomic E-state index is -0.815. The third-order valence-corrected chi connectivity index (χ3v) is 4.49. The Labute approximate surface area is 125 Å².